The number of H-pyrrole nitrogens is 1. The molecule has 0 aliphatic carbocycles. The number of alkyl halides is 3. The van der Waals surface area contributed by atoms with Gasteiger partial charge in [0.15, 0.2) is 5.82 Å². The number of carbonyl (C=O) groups is 1. The molecule has 3 N–H and O–H groups in total. The van der Waals surface area contributed by atoms with Crippen LogP contribution in [-0.2, 0) is 4.79 Å². The van der Waals surface area contributed by atoms with E-state index in [2.05, 4.69) is 30.2 Å². The molecule has 1 unspecified atom stereocenters. The van der Waals surface area contributed by atoms with E-state index in [1.54, 1.807) is 42.7 Å². The van der Waals surface area contributed by atoms with Gasteiger partial charge in [0, 0.05) is 29.5 Å². The Morgan fingerprint density at radius 1 is 1.13 bits per heavy atom. The van der Waals surface area contributed by atoms with Gasteiger partial charge in [0.2, 0.25) is 5.91 Å². The third-order valence-corrected chi connectivity index (χ3v) is 4.40. The van der Waals surface area contributed by atoms with E-state index in [0.29, 0.717) is 28.0 Å². The Kier molecular flexibility index (Phi) is 5.48. The molecule has 3 heterocycles. The molecule has 0 aliphatic rings. The fraction of sp³-hybridized carbons (Fsp3) is 0.150. The first-order valence-electron chi connectivity index (χ1n) is 9.17. The van der Waals surface area contributed by atoms with Crippen molar-refractivity contribution < 1.29 is 18.0 Å². The van der Waals surface area contributed by atoms with Crippen LogP contribution < -0.4 is 10.6 Å². The van der Waals surface area contributed by atoms with Gasteiger partial charge in [0.25, 0.3) is 0 Å². The number of carbonyl (C=O) groups excluding carboxylic acids is 1. The van der Waals surface area contributed by atoms with E-state index in [9.17, 15) is 18.0 Å². The molecular formula is C20H16F3N7O. The van der Waals surface area contributed by atoms with Gasteiger partial charge in [-0.05, 0) is 11.6 Å². The number of halogens is 3. The highest BCUT2D eigenvalue weighted by molar-refractivity contribution is 5.91. The first kappa shape index (κ1) is 20.3. The summed E-state index contributed by atoms with van der Waals surface area (Å²) in [6.45, 7) is -1.43. The lowest BCUT2D eigenvalue weighted by molar-refractivity contribution is -0.138. The summed E-state index contributed by atoms with van der Waals surface area (Å²) in [4.78, 5) is 32.3. The number of rotatable bonds is 6. The van der Waals surface area contributed by atoms with Crippen molar-refractivity contribution in [3.8, 4) is 11.4 Å². The van der Waals surface area contributed by atoms with Crippen molar-refractivity contribution in [1.29, 1.82) is 0 Å². The average molecular weight is 427 g/mol. The predicted octanol–water partition coefficient (Wildman–Crippen LogP) is 3.25. The monoisotopic (exact) mass is 427 g/mol. The van der Waals surface area contributed by atoms with Crippen LogP contribution in [0.5, 0.6) is 0 Å². The first-order valence-corrected chi connectivity index (χ1v) is 9.17. The molecule has 31 heavy (non-hydrogen) atoms. The van der Waals surface area contributed by atoms with Crippen molar-refractivity contribution in [2.75, 3.05) is 11.9 Å². The minimum atomic E-state index is -4.52. The van der Waals surface area contributed by atoms with E-state index in [4.69, 9.17) is 0 Å². The molecule has 1 aromatic carbocycles. The zero-order valence-corrected chi connectivity index (χ0v) is 15.9. The number of nitrogens with zero attached hydrogens (tertiary/aromatic N) is 4. The zero-order chi connectivity index (χ0) is 21.8. The van der Waals surface area contributed by atoms with Gasteiger partial charge < -0.3 is 15.6 Å². The van der Waals surface area contributed by atoms with Crippen LogP contribution in [0.15, 0.2) is 61.3 Å². The van der Waals surface area contributed by atoms with Crippen LogP contribution in [0.1, 0.15) is 11.6 Å². The maximum absolute atomic E-state index is 12.6. The summed E-state index contributed by atoms with van der Waals surface area (Å²) in [6, 6.07) is 8.86. The molecular weight excluding hydrogens is 411 g/mol. The molecule has 0 fully saturated rings. The van der Waals surface area contributed by atoms with E-state index in [1.807, 2.05) is 5.32 Å². The van der Waals surface area contributed by atoms with Gasteiger partial charge in [-0.25, -0.2) is 19.9 Å². The normalized spacial score (nSPS) is 12.5. The third kappa shape index (κ3) is 4.77. The van der Waals surface area contributed by atoms with Crippen LogP contribution >= 0.6 is 0 Å². The van der Waals surface area contributed by atoms with Crippen LogP contribution in [0.4, 0.5) is 19.0 Å². The van der Waals surface area contributed by atoms with Gasteiger partial charge in [-0.15, -0.1) is 0 Å². The highest BCUT2D eigenvalue weighted by atomic mass is 19.4. The molecule has 0 spiro atoms. The molecule has 0 aliphatic heterocycles. The molecule has 158 valence electrons. The van der Waals surface area contributed by atoms with Crippen LogP contribution in [0.25, 0.3) is 22.4 Å². The van der Waals surface area contributed by atoms with Crippen molar-refractivity contribution in [1.82, 2.24) is 30.2 Å². The van der Waals surface area contributed by atoms with Crippen LogP contribution in [-0.4, -0.2) is 43.5 Å². The maximum Gasteiger partial charge on any atom is 0.405 e. The molecule has 1 atom stereocenters. The fourth-order valence-electron chi connectivity index (χ4n) is 3.00. The van der Waals surface area contributed by atoms with E-state index < -0.39 is 24.7 Å². The maximum atomic E-state index is 12.6. The Balaban J connectivity index is 1.63. The first-order chi connectivity index (χ1) is 14.9. The Labute approximate surface area is 174 Å². The second kappa shape index (κ2) is 8.38. The van der Waals surface area contributed by atoms with Gasteiger partial charge in [-0.1, -0.05) is 30.3 Å². The number of hydrogen-bond donors (Lipinski definition) is 3. The molecule has 1 amide bonds. The molecule has 4 aromatic rings. The highest BCUT2D eigenvalue weighted by Crippen LogP contribution is 2.26. The minimum absolute atomic E-state index is 0.271. The average Bonchev–Trinajstić information content (AvgIpc) is 3.20. The second-order valence-electron chi connectivity index (χ2n) is 6.57. The summed E-state index contributed by atoms with van der Waals surface area (Å²) in [5.74, 6) is -0.218. The third-order valence-electron chi connectivity index (χ3n) is 4.40. The molecule has 3 aromatic heterocycles. The van der Waals surface area contributed by atoms with Crippen molar-refractivity contribution >= 4 is 22.8 Å². The van der Waals surface area contributed by atoms with E-state index in [0.717, 1.165) is 0 Å². The summed E-state index contributed by atoms with van der Waals surface area (Å²) in [7, 11) is 0. The SMILES string of the molecule is O=C(NCC(F)(F)F)C(Nc1ccnc(-c2c[nH]c3ncncc23)n1)c1ccccc1. The predicted molar refractivity (Wildman–Crippen MR) is 107 cm³/mol. The molecule has 0 radical (unpaired) electrons. The quantitative estimate of drug-likeness (QED) is 0.436. The summed E-state index contributed by atoms with van der Waals surface area (Å²) < 4.78 is 37.7. The largest absolute Gasteiger partial charge is 0.405 e. The van der Waals surface area contributed by atoms with Crippen molar-refractivity contribution in [2.45, 2.75) is 12.2 Å². The molecule has 11 heteroatoms. The lowest BCUT2D eigenvalue weighted by Gasteiger charge is -2.20. The fourth-order valence-corrected chi connectivity index (χ4v) is 3.00. The highest BCUT2D eigenvalue weighted by Gasteiger charge is 2.30. The number of aromatic amines is 1. The summed E-state index contributed by atoms with van der Waals surface area (Å²) in [5.41, 5.74) is 1.75. The number of nitrogens with one attached hydrogen (secondary N) is 3. The summed E-state index contributed by atoms with van der Waals surface area (Å²) in [5, 5.41) is 5.54. The number of amides is 1. The van der Waals surface area contributed by atoms with E-state index >= 15 is 0 Å². The molecule has 8 nitrogen and oxygen atoms in total. The van der Waals surface area contributed by atoms with Crippen molar-refractivity contribution in [2.24, 2.45) is 0 Å². The van der Waals surface area contributed by atoms with Crippen LogP contribution in [0.2, 0.25) is 0 Å². The topological polar surface area (TPSA) is 108 Å². The molecule has 0 bridgehead atoms. The lowest BCUT2D eigenvalue weighted by atomic mass is 10.1. The number of anilines is 1. The zero-order valence-electron chi connectivity index (χ0n) is 15.9. The molecule has 0 saturated heterocycles. The Morgan fingerprint density at radius 3 is 2.71 bits per heavy atom. The van der Waals surface area contributed by atoms with Crippen LogP contribution in [0.3, 0.4) is 0 Å². The molecule has 4 rings (SSSR count). The Bertz CT molecular complexity index is 1190. The Morgan fingerprint density at radius 2 is 1.94 bits per heavy atom. The van der Waals surface area contributed by atoms with Crippen LogP contribution in [0, 0.1) is 0 Å². The van der Waals surface area contributed by atoms with Gasteiger partial charge in [-0.3, -0.25) is 4.79 Å². The van der Waals surface area contributed by atoms with Gasteiger partial charge in [-0.2, -0.15) is 13.2 Å². The second-order valence-corrected chi connectivity index (χ2v) is 6.57. The minimum Gasteiger partial charge on any atom is -0.355 e. The number of hydrogen-bond acceptors (Lipinski definition) is 6. The standard InChI is InChI=1S/C20H16F3N7O/c21-20(22,23)10-27-19(31)16(12-4-2-1-3-5-12)29-15-6-7-25-18(30-15)14-9-26-17-13(14)8-24-11-28-17/h1-9,11,16H,10H2,(H,27,31)(H,24,26,28)(H,25,29,30). The van der Waals surface area contributed by atoms with Gasteiger partial charge >= 0.3 is 6.18 Å². The smallest absolute Gasteiger partial charge is 0.355 e. The lowest BCUT2D eigenvalue weighted by Crippen LogP contribution is -2.39. The summed E-state index contributed by atoms with van der Waals surface area (Å²) in [6.07, 6.45) is 1.68. The molecule has 0 saturated carbocycles. The number of benzene rings is 1. The van der Waals surface area contributed by atoms with Crippen molar-refractivity contribution in [3.05, 3.63) is 66.9 Å². The van der Waals surface area contributed by atoms with E-state index in [-0.39, 0.29) is 5.82 Å². The van der Waals surface area contributed by atoms with Gasteiger partial charge in [0.1, 0.15) is 30.4 Å². The summed E-state index contributed by atoms with van der Waals surface area (Å²) >= 11 is 0. The number of fused-ring (bicyclic) bond motifs is 1. The number of aromatic nitrogens is 5. The Hall–Kier alpha value is -4.02. The van der Waals surface area contributed by atoms with Crippen molar-refractivity contribution in [3.63, 3.8) is 0 Å². The van der Waals surface area contributed by atoms with E-state index in [1.165, 1.54) is 18.6 Å². The van der Waals surface area contributed by atoms with Gasteiger partial charge in [0.05, 0.1) is 0 Å².